The maximum atomic E-state index is 6.20. The van der Waals surface area contributed by atoms with Gasteiger partial charge in [-0.2, -0.15) is 0 Å². The zero-order chi connectivity index (χ0) is 14.7. The minimum Gasteiger partial charge on any atom is -0.375 e. The third kappa shape index (κ3) is 3.29. The van der Waals surface area contributed by atoms with Crippen LogP contribution in [0, 0.1) is 12.8 Å². The molecule has 1 saturated heterocycles. The molecule has 3 nitrogen and oxygen atoms in total. The Kier molecular flexibility index (Phi) is 4.60. The summed E-state index contributed by atoms with van der Waals surface area (Å²) < 4.78 is 6.20. The number of pyridine rings is 1. The lowest BCUT2D eigenvalue weighted by Crippen LogP contribution is -2.42. The van der Waals surface area contributed by atoms with E-state index in [1.165, 1.54) is 37.7 Å². The van der Waals surface area contributed by atoms with E-state index in [-0.39, 0.29) is 5.60 Å². The summed E-state index contributed by atoms with van der Waals surface area (Å²) in [5.41, 5.74) is 2.62. The lowest BCUT2D eigenvalue weighted by Gasteiger charge is -2.41. The lowest BCUT2D eigenvalue weighted by molar-refractivity contribution is -0.0981. The summed E-state index contributed by atoms with van der Waals surface area (Å²) in [7, 11) is 0. The van der Waals surface area contributed by atoms with E-state index in [1.54, 1.807) is 0 Å². The summed E-state index contributed by atoms with van der Waals surface area (Å²) in [6.45, 7) is 6.17. The fraction of sp³-hybridized carbons (Fsp3) is 0.722. The summed E-state index contributed by atoms with van der Waals surface area (Å²) in [6.07, 6.45) is 9.61. The molecule has 1 aliphatic carbocycles. The molecular weight excluding hydrogens is 260 g/mol. The molecule has 0 bridgehead atoms. The lowest BCUT2D eigenvalue weighted by atomic mass is 9.78. The van der Waals surface area contributed by atoms with Crippen LogP contribution in [0.1, 0.15) is 62.7 Å². The van der Waals surface area contributed by atoms with Crippen LogP contribution in [0.15, 0.2) is 18.3 Å². The Hall–Kier alpha value is -0.930. The van der Waals surface area contributed by atoms with Crippen LogP contribution in [-0.4, -0.2) is 23.7 Å². The van der Waals surface area contributed by atoms with Gasteiger partial charge in [0.05, 0.1) is 5.60 Å². The van der Waals surface area contributed by atoms with Crippen LogP contribution in [-0.2, 0) is 4.74 Å². The van der Waals surface area contributed by atoms with Gasteiger partial charge in [-0.3, -0.25) is 4.98 Å². The van der Waals surface area contributed by atoms with Gasteiger partial charge in [-0.15, -0.1) is 0 Å². The molecule has 2 heterocycles. The molecule has 2 atom stereocenters. The second-order valence-electron chi connectivity index (χ2n) is 6.76. The average Bonchev–Trinajstić information content (AvgIpc) is 2.94. The molecule has 2 unspecified atom stereocenters. The molecule has 3 heteroatoms. The molecule has 2 aliphatic rings. The van der Waals surface area contributed by atoms with Gasteiger partial charge in [0.15, 0.2) is 0 Å². The summed E-state index contributed by atoms with van der Waals surface area (Å²) in [4.78, 5) is 4.49. The predicted molar refractivity (Wildman–Crippen MR) is 85.3 cm³/mol. The number of nitrogens with one attached hydrogen (secondary N) is 1. The summed E-state index contributed by atoms with van der Waals surface area (Å²) in [5, 5.41) is 3.70. The largest absolute Gasteiger partial charge is 0.375 e. The number of hydrogen-bond donors (Lipinski definition) is 1. The van der Waals surface area contributed by atoms with Gasteiger partial charge >= 0.3 is 0 Å². The second-order valence-corrected chi connectivity index (χ2v) is 6.76. The number of hydrogen-bond acceptors (Lipinski definition) is 3. The van der Waals surface area contributed by atoms with Crippen molar-refractivity contribution < 1.29 is 4.74 Å². The van der Waals surface area contributed by atoms with Gasteiger partial charge in [-0.1, -0.05) is 25.8 Å². The van der Waals surface area contributed by atoms with Crippen LogP contribution in [0.25, 0.3) is 0 Å². The maximum absolute atomic E-state index is 6.20. The van der Waals surface area contributed by atoms with Crippen molar-refractivity contribution in [2.75, 3.05) is 13.2 Å². The Bertz CT molecular complexity index is 451. The van der Waals surface area contributed by atoms with Gasteiger partial charge in [0.2, 0.25) is 0 Å². The van der Waals surface area contributed by atoms with E-state index in [2.05, 4.69) is 35.6 Å². The zero-order valence-electron chi connectivity index (χ0n) is 13.4. The van der Waals surface area contributed by atoms with Crippen molar-refractivity contribution >= 4 is 0 Å². The molecule has 0 amide bonds. The Morgan fingerprint density at radius 3 is 2.86 bits per heavy atom. The van der Waals surface area contributed by atoms with Crippen molar-refractivity contribution in [2.24, 2.45) is 5.92 Å². The minimum absolute atomic E-state index is 0.189. The molecule has 0 aromatic carbocycles. The third-order valence-electron chi connectivity index (χ3n) is 5.23. The number of aryl methyl sites for hydroxylation is 1. The maximum Gasteiger partial charge on any atom is 0.0686 e. The number of rotatable bonds is 4. The highest BCUT2D eigenvalue weighted by molar-refractivity contribution is 5.19. The van der Waals surface area contributed by atoms with Crippen molar-refractivity contribution in [1.82, 2.24) is 10.3 Å². The SMILES string of the molecule is CCNC(c1ccc(C)nc1)C1CCOC2(CCCC2)C1. The second kappa shape index (κ2) is 6.45. The fourth-order valence-corrected chi connectivity index (χ4v) is 4.16. The number of nitrogens with zero attached hydrogens (tertiary/aromatic N) is 1. The van der Waals surface area contributed by atoms with Gasteiger partial charge < -0.3 is 10.1 Å². The highest BCUT2D eigenvalue weighted by Gasteiger charge is 2.42. The van der Waals surface area contributed by atoms with E-state index in [0.717, 1.165) is 25.3 Å². The first-order chi connectivity index (χ1) is 10.2. The smallest absolute Gasteiger partial charge is 0.0686 e. The predicted octanol–water partition coefficient (Wildman–Crippen LogP) is 3.78. The molecule has 1 aromatic heterocycles. The number of aromatic nitrogens is 1. The quantitative estimate of drug-likeness (QED) is 0.915. The van der Waals surface area contributed by atoms with Crippen LogP contribution in [0.2, 0.25) is 0 Å². The summed E-state index contributed by atoms with van der Waals surface area (Å²) in [5.74, 6) is 0.668. The molecule has 1 aromatic rings. The monoisotopic (exact) mass is 288 g/mol. The van der Waals surface area contributed by atoms with Crippen molar-refractivity contribution in [2.45, 2.75) is 64.0 Å². The van der Waals surface area contributed by atoms with Crippen LogP contribution in [0.3, 0.4) is 0 Å². The molecule has 116 valence electrons. The minimum atomic E-state index is 0.189. The van der Waals surface area contributed by atoms with E-state index in [1.807, 2.05) is 6.92 Å². The standard InChI is InChI=1S/C18H28N2O/c1-3-19-17(16-7-6-14(2)20-13-16)15-8-11-21-18(12-15)9-4-5-10-18/h6-7,13,15,17,19H,3-5,8-12H2,1-2H3. The first-order valence-electron chi connectivity index (χ1n) is 8.52. The first kappa shape index (κ1) is 15.0. The van der Waals surface area contributed by atoms with E-state index in [4.69, 9.17) is 4.74 Å². The molecule has 3 rings (SSSR count). The van der Waals surface area contributed by atoms with Crippen molar-refractivity contribution in [3.05, 3.63) is 29.6 Å². The zero-order valence-corrected chi connectivity index (χ0v) is 13.4. The van der Waals surface area contributed by atoms with E-state index >= 15 is 0 Å². The molecule has 1 N–H and O–H groups in total. The topological polar surface area (TPSA) is 34.2 Å². The van der Waals surface area contributed by atoms with Crippen LogP contribution >= 0.6 is 0 Å². The molecule has 1 spiro atoms. The van der Waals surface area contributed by atoms with E-state index < -0.39 is 0 Å². The summed E-state index contributed by atoms with van der Waals surface area (Å²) >= 11 is 0. The third-order valence-corrected chi connectivity index (χ3v) is 5.23. The normalized spacial score (nSPS) is 26.1. The van der Waals surface area contributed by atoms with Gasteiger partial charge in [0.25, 0.3) is 0 Å². The molecule has 0 radical (unpaired) electrons. The Morgan fingerprint density at radius 2 is 2.19 bits per heavy atom. The van der Waals surface area contributed by atoms with Crippen molar-refractivity contribution in [1.29, 1.82) is 0 Å². The fourth-order valence-electron chi connectivity index (χ4n) is 4.16. The van der Waals surface area contributed by atoms with Crippen molar-refractivity contribution in [3.8, 4) is 0 Å². The van der Waals surface area contributed by atoms with Gasteiger partial charge in [0, 0.05) is 24.5 Å². The van der Waals surface area contributed by atoms with Crippen LogP contribution in [0.5, 0.6) is 0 Å². The highest BCUT2D eigenvalue weighted by atomic mass is 16.5. The summed E-state index contributed by atoms with van der Waals surface area (Å²) in [6, 6.07) is 4.79. The Morgan fingerprint density at radius 1 is 1.38 bits per heavy atom. The average molecular weight is 288 g/mol. The molecular formula is C18H28N2O. The number of ether oxygens (including phenoxy) is 1. The Labute approximate surface area is 128 Å². The molecule has 2 fully saturated rings. The molecule has 21 heavy (non-hydrogen) atoms. The van der Waals surface area contributed by atoms with E-state index in [9.17, 15) is 0 Å². The molecule has 1 aliphatic heterocycles. The van der Waals surface area contributed by atoms with E-state index in [0.29, 0.717) is 12.0 Å². The highest BCUT2D eigenvalue weighted by Crippen LogP contribution is 2.45. The Balaban J connectivity index is 1.78. The van der Waals surface area contributed by atoms with Gasteiger partial charge in [-0.05, 0) is 56.7 Å². The van der Waals surface area contributed by atoms with Crippen molar-refractivity contribution in [3.63, 3.8) is 0 Å². The molecule has 1 saturated carbocycles. The van der Waals surface area contributed by atoms with Gasteiger partial charge in [0.1, 0.15) is 0 Å². The van der Waals surface area contributed by atoms with Gasteiger partial charge in [-0.25, -0.2) is 0 Å². The van der Waals surface area contributed by atoms with Crippen LogP contribution < -0.4 is 5.32 Å². The van der Waals surface area contributed by atoms with Crippen LogP contribution in [0.4, 0.5) is 0 Å². The first-order valence-corrected chi connectivity index (χ1v) is 8.52.